The third-order valence-electron chi connectivity index (χ3n) is 3.95. The van der Waals surface area contributed by atoms with E-state index in [0.717, 1.165) is 18.6 Å². The lowest BCUT2D eigenvalue weighted by atomic mass is 9.86. The fourth-order valence-corrected chi connectivity index (χ4v) is 2.91. The predicted molar refractivity (Wildman–Crippen MR) is 58.3 cm³/mol. The molecule has 0 bridgehead atoms. The average molecular weight is 197 g/mol. The summed E-state index contributed by atoms with van der Waals surface area (Å²) in [6.07, 6.45) is 11.1. The van der Waals surface area contributed by atoms with Crippen LogP contribution in [-0.2, 0) is 0 Å². The molecule has 0 amide bonds. The topological polar surface area (TPSA) is 23.5 Å². The molecule has 2 rings (SSSR count). The standard InChI is InChI=1S/C12H23NO/c14-10-9-13(12-7-4-8-12)11-5-2-1-3-6-11/h11-12,14H,1-10H2. The Morgan fingerprint density at radius 1 is 0.857 bits per heavy atom. The molecule has 82 valence electrons. The van der Waals surface area contributed by atoms with Gasteiger partial charge in [0.1, 0.15) is 0 Å². The van der Waals surface area contributed by atoms with Crippen LogP contribution in [0.25, 0.3) is 0 Å². The molecule has 0 unspecified atom stereocenters. The number of rotatable bonds is 4. The summed E-state index contributed by atoms with van der Waals surface area (Å²) in [5.41, 5.74) is 0. The molecule has 0 aromatic rings. The molecule has 2 heteroatoms. The fraction of sp³-hybridized carbons (Fsp3) is 1.00. The Labute approximate surface area is 87.3 Å². The number of nitrogens with zero attached hydrogens (tertiary/aromatic N) is 1. The van der Waals surface area contributed by atoms with Gasteiger partial charge in [0.25, 0.3) is 0 Å². The van der Waals surface area contributed by atoms with E-state index in [0.29, 0.717) is 6.61 Å². The molecule has 0 atom stereocenters. The van der Waals surface area contributed by atoms with Crippen LogP contribution in [0.3, 0.4) is 0 Å². The van der Waals surface area contributed by atoms with Crippen LogP contribution in [0, 0.1) is 0 Å². The fourth-order valence-electron chi connectivity index (χ4n) is 2.91. The van der Waals surface area contributed by atoms with Crippen LogP contribution in [0.5, 0.6) is 0 Å². The van der Waals surface area contributed by atoms with Crippen LogP contribution in [0.15, 0.2) is 0 Å². The quantitative estimate of drug-likeness (QED) is 0.746. The maximum absolute atomic E-state index is 9.09. The monoisotopic (exact) mass is 197 g/mol. The van der Waals surface area contributed by atoms with Gasteiger partial charge >= 0.3 is 0 Å². The van der Waals surface area contributed by atoms with Gasteiger partial charge in [-0.05, 0) is 25.7 Å². The van der Waals surface area contributed by atoms with Crippen LogP contribution in [0.4, 0.5) is 0 Å². The second kappa shape index (κ2) is 5.13. The Bertz CT molecular complexity index is 162. The second-order valence-corrected chi connectivity index (χ2v) is 4.84. The Kier molecular flexibility index (Phi) is 3.82. The number of aliphatic hydroxyl groups excluding tert-OH is 1. The van der Waals surface area contributed by atoms with Crippen molar-refractivity contribution < 1.29 is 5.11 Å². The van der Waals surface area contributed by atoms with E-state index in [1.807, 2.05) is 0 Å². The van der Waals surface area contributed by atoms with Crippen molar-refractivity contribution in [2.75, 3.05) is 13.2 Å². The Hall–Kier alpha value is -0.0800. The van der Waals surface area contributed by atoms with Crippen molar-refractivity contribution in [3.63, 3.8) is 0 Å². The van der Waals surface area contributed by atoms with Crippen LogP contribution in [0.1, 0.15) is 51.4 Å². The van der Waals surface area contributed by atoms with Crippen LogP contribution in [0.2, 0.25) is 0 Å². The molecule has 2 saturated carbocycles. The van der Waals surface area contributed by atoms with Gasteiger partial charge < -0.3 is 5.11 Å². The van der Waals surface area contributed by atoms with Crippen molar-refractivity contribution >= 4 is 0 Å². The van der Waals surface area contributed by atoms with Crippen molar-refractivity contribution in [3.8, 4) is 0 Å². The molecule has 0 saturated heterocycles. The van der Waals surface area contributed by atoms with Gasteiger partial charge in [0.2, 0.25) is 0 Å². The maximum Gasteiger partial charge on any atom is 0.0558 e. The first-order chi connectivity index (χ1) is 6.92. The molecule has 0 spiro atoms. The maximum atomic E-state index is 9.09. The van der Waals surface area contributed by atoms with Gasteiger partial charge in [-0.3, -0.25) is 4.90 Å². The molecule has 0 heterocycles. The molecule has 1 N–H and O–H groups in total. The molecule has 0 radical (unpaired) electrons. The zero-order valence-electron chi connectivity index (χ0n) is 9.12. The van der Waals surface area contributed by atoms with Crippen LogP contribution < -0.4 is 0 Å². The minimum Gasteiger partial charge on any atom is -0.395 e. The van der Waals surface area contributed by atoms with Gasteiger partial charge in [0.05, 0.1) is 6.61 Å². The highest BCUT2D eigenvalue weighted by atomic mass is 16.3. The molecule has 2 aliphatic carbocycles. The molecule has 14 heavy (non-hydrogen) atoms. The lowest BCUT2D eigenvalue weighted by molar-refractivity contribution is 0.0437. The minimum atomic E-state index is 0.340. The summed E-state index contributed by atoms with van der Waals surface area (Å²) in [5.74, 6) is 0. The summed E-state index contributed by atoms with van der Waals surface area (Å²) in [6.45, 7) is 1.25. The lowest BCUT2D eigenvalue weighted by Gasteiger charge is -2.43. The lowest BCUT2D eigenvalue weighted by Crippen LogP contribution is -2.48. The van der Waals surface area contributed by atoms with Gasteiger partial charge in [-0.1, -0.05) is 25.7 Å². The van der Waals surface area contributed by atoms with Crippen LogP contribution >= 0.6 is 0 Å². The molecule has 2 fully saturated rings. The summed E-state index contributed by atoms with van der Waals surface area (Å²) >= 11 is 0. The van der Waals surface area contributed by atoms with E-state index in [2.05, 4.69) is 4.90 Å². The zero-order chi connectivity index (χ0) is 9.80. The van der Waals surface area contributed by atoms with Crippen molar-refractivity contribution in [3.05, 3.63) is 0 Å². The first-order valence-electron chi connectivity index (χ1n) is 6.28. The van der Waals surface area contributed by atoms with E-state index in [9.17, 15) is 0 Å². The predicted octanol–water partition coefficient (Wildman–Crippen LogP) is 2.17. The summed E-state index contributed by atoms with van der Waals surface area (Å²) in [4.78, 5) is 2.60. The Morgan fingerprint density at radius 3 is 1.86 bits per heavy atom. The van der Waals surface area contributed by atoms with E-state index in [1.54, 1.807) is 0 Å². The highest BCUT2D eigenvalue weighted by molar-refractivity contribution is 4.86. The molecule has 0 aromatic heterocycles. The summed E-state index contributed by atoms with van der Waals surface area (Å²) < 4.78 is 0. The average Bonchev–Trinajstić information content (AvgIpc) is 2.16. The molecular formula is C12H23NO. The smallest absolute Gasteiger partial charge is 0.0558 e. The summed E-state index contributed by atoms with van der Waals surface area (Å²) in [7, 11) is 0. The van der Waals surface area contributed by atoms with Gasteiger partial charge in [0.15, 0.2) is 0 Å². The van der Waals surface area contributed by atoms with E-state index >= 15 is 0 Å². The van der Waals surface area contributed by atoms with Gasteiger partial charge in [0, 0.05) is 18.6 Å². The summed E-state index contributed by atoms with van der Waals surface area (Å²) in [5, 5.41) is 9.09. The van der Waals surface area contributed by atoms with Crippen molar-refractivity contribution in [2.24, 2.45) is 0 Å². The Balaban J connectivity index is 1.86. The molecule has 2 aliphatic rings. The zero-order valence-corrected chi connectivity index (χ0v) is 9.12. The minimum absolute atomic E-state index is 0.340. The molecular weight excluding hydrogens is 174 g/mol. The number of aliphatic hydroxyl groups is 1. The van der Waals surface area contributed by atoms with Gasteiger partial charge in [-0.2, -0.15) is 0 Å². The van der Waals surface area contributed by atoms with Gasteiger partial charge in [-0.25, -0.2) is 0 Å². The van der Waals surface area contributed by atoms with Crippen molar-refractivity contribution in [1.82, 2.24) is 4.90 Å². The Morgan fingerprint density at radius 2 is 1.43 bits per heavy atom. The molecule has 2 nitrogen and oxygen atoms in total. The van der Waals surface area contributed by atoms with Crippen molar-refractivity contribution in [1.29, 1.82) is 0 Å². The van der Waals surface area contributed by atoms with Crippen molar-refractivity contribution in [2.45, 2.75) is 63.5 Å². The second-order valence-electron chi connectivity index (χ2n) is 4.84. The normalized spacial score (nSPS) is 25.3. The highest BCUT2D eigenvalue weighted by Gasteiger charge is 2.30. The van der Waals surface area contributed by atoms with E-state index in [4.69, 9.17) is 5.11 Å². The largest absolute Gasteiger partial charge is 0.395 e. The SMILES string of the molecule is OCCN(C1CCCCC1)C1CCC1. The highest BCUT2D eigenvalue weighted by Crippen LogP contribution is 2.31. The summed E-state index contributed by atoms with van der Waals surface area (Å²) in [6, 6.07) is 1.60. The third-order valence-corrected chi connectivity index (χ3v) is 3.95. The third kappa shape index (κ3) is 2.29. The number of hydrogen-bond donors (Lipinski definition) is 1. The van der Waals surface area contributed by atoms with Crippen LogP contribution in [-0.4, -0.2) is 35.2 Å². The molecule has 0 aliphatic heterocycles. The first-order valence-corrected chi connectivity index (χ1v) is 6.28. The van der Waals surface area contributed by atoms with E-state index in [1.165, 1.54) is 51.4 Å². The van der Waals surface area contributed by atoms with E-state index in [-0.39, 0.29) is 0 Å². The first kappa shape index (κ1) is 10.4. The van der Waals surface area contributed by atoms with E-state index < -0.39 is 0 Å². The van der Waals surface area contributed by atoms with Gasteiger partial charge in [-0.15, -0.1) is 0 Å². The molecule has 0 aromatic carbocycles. The number of hydrogen-bond acceptors (Lipinski definition) is 2.